The lowest BCUT2D eigenvalue weighted by Crippen LogP contribution is -2.01. The minimum atomic E-state index is -0.753. The Balaban J connectivity index is 2.03. The Morgan fingerprint density at radius 1 is 1.16 bits per heavy atom. The van der Waals surface area contributed by atoms with Crippen LogP contribution in [0.1, 0.15) is 11.7 Å². The van der Waals surface area contributed by atoms with E-state index in [1.54, 1.807) is 6.07 Å². The second kappa shape index (κ2) is 6.62. The molecule has 0 heterocycles. The highest BCUT2D eigenvalue weighted by atomic mass is 35.5. The fourth-order valence-corrected chi connectivity index (χ4v) is 3.06. The predicted octanol–water partition coefficient (Wildman–Crippen LogP) is 4.96. The average molecular weight is 317 g/mol. The Hall–Kier alpha value is -0.740. The van der Waals surface area contributed by atoms with Crippen molar-refractivity contribution in [3.8, 4) is 0 Å². The van der Waals surface area contributed by atoms with Gasteiger partial charge < -0.3 is 5.11 Å². The normalized spacial score (nSPS) is 12.4. The van der Waals surface area contributed by atoms with Crippen molar-refractivity contribution in [1.82, 2.24) is 0 Å². The van der Waals surface area contributed by atoms with Crippen LogP contribution in [0.25, 0.3) is 0 Å². The molecule has 0 amide bonds. The van der Waals surface area contributed by atoms with Gasteiger partial charge in [0.2, 0.25) is 0 Å². The summed E-state index contributed by atoms with van der Waals surface area (Å²) in [6, 6.07) is 11.4. The highest BCUT2D eigenvalue weighted by molar-refractivity contribution is 7.99. The summed E-state index contributed by atoms with van der Waals surface area (Å²) in [4.78, 5) is 0.963. The maximum Gasteiger partial charge on any atom is 0.124 e. The molecule has 0 aromatic heterocycles. The summed E-state index contributed by atoms with van der Waals surface area (Å²) in [5.41, 5.74) is 0.526. The molecule has 1 N–H and O–H groups in total. The third-order valence-corrected chi connectivity index (χ3v) is 4.16. The number of hydrogen-bond donors (Lipinski definition) is 1. The van der Waals surface area contributed by atoms with Crippen LogP contribution in [-0.2, 0) is 0 Å². The maximum atomic E-state index is 12.9. The van der Waals surface area contributed by atoms with E-state index in [9.17, 15) is 9.50 Å². The molecule has 0 aliphatic rings. The lowest BCUT2D eigenvalue weighted by Gasteiger charge is -2.12. The lowest BCUT2D eigenvalue weighted by atomic mass is 10.1. The van der Waals surface area contributed by atoms with Crippen LogP contribution in [0, 0.1) is 5.82 Å². The van der Waals surface area contributed by atoms with Gasteiger partial charge in [-0.2, -0.15) is 0 Å². The minimum absolute atomic E-state index is 0.235. The Morgan fingerprint density at radius 3 is 2.63 bits per heavy atom. The van der Waals surface area contributed by atoms with E-state index in [1.165, 1.54) is 30.0 Å². The number of hydrogen-bond acceptors (Lipinski definition) is 2. The Morgan fingerprint density at radius 2 is 1.95 bits per heavy atom. The van der Waals surface area contributed by atoms with Crippen molar-refractivity contribution in [3.63, 3.8) is 0 Å². The van der Waals surface area contributed by atoms with Gasteiger partial charge in [-0.25, -0.2) is 4.39 Å². The number of halogens is 3. The fraction of sp³-hybridized carbons (Fsp3) is 0.143. The summed E-state index contributed by atoms with van der Waals surface area (Å²) in [6.45, 7) is 0. The summed E-state index contributed by atoms with van der Waals surface area (Å²) < 4.78 is 12.9. The number of rotatable bonds is 4. The number of aliphatic hydroxyl groups excluding tert-OH is 1. The minimum Gasteiger partial charge on any atom is -0.387 e. The molecule has 2 rings (SSSR count). The molecule has 0 saturated carbocycles. The van der Waals surface area contributed by atoms with Crippen molar-refractivity contribution in [1.29, 1.82) is 0 Å². The Kier molecular flexibility index (Phi) is 5.11. The fourth-order valence-electron chi connectivity index (χ4n) is 1.59. The van der Waals surface area contributed by atoms with E-state index >= 15 is 0 Å². The van der Waals surface area contributed by atoms with Gasteiger partial charge in [0.1, 0.15) is 5.82 Å². The third-order valence-electron chi connectivity index (χ3n) is 2.53. The maximum absolute atomic E-state index is 12.9. The molecule has 1 nitrogen and oxygen atoms in total. The molecule has 2 aromatic carbocycles. The van der Waals surface area contributed by atoms with Crippen LogP contribution in [0.2, 0.25) is 10.0 Å². The van der Waals surface area contributed by atoms with Crippen molar-refractivity contribution < 1.29 is 9.50 Å². The molecule has 1 unspecified atom stereocenters. The first-order valence-electron chi connectivity index (χ1n) is 5.57. The zero-order chi connectivity index (χ0) is 13.8. The van der Waals surface area contributed by atoms with Crippen molar-refractivity contribution in [2.75, 3.05) is 5.75 Å². The first-order chi connectivity index (χ1) is 9.06. The van der Waals surface area contributed by atoms with Crippen molar-refractivity contribution >= 4 is 35.0 Å². The van der Waals surface area contributed by atoms with Gasteiger partial charge in [0.05, 0.1) is 6.10 Å². The standard InChI is InChI=1S/C14H11Cl2FOS/c15-9-2-1-3-11(6-9)19-8-14(18)12-5-4-10(17)7-13(12)16/h1-7,14,18H,8H2. The van der Waals surface area contributed by atoms with E-state index in [-0.39, 0.29) is 5.02 Å². The molecule has 0 spiro atoms. The molecule has 19 heavy (non-hydrogen) atoms. The van der Waals surface area contributed by atoms with E-state index < -0.39 is 11.9 Å². The summed E-state index contributed by atoms with van der Waals surface area (Å²) in [5.74, 6) is 0.00884. The molecule has 0 saturated heterocycles. The van der Waals surface area contributed by atoms with E-state index in [0.29, 0.717) is 16.3 Å². The van der Waals surface area contributed by atoms with Crippen molar-refractivity contribution in [2.24, 2.45) is 0 Å². The second-order valence-corrected chi connectivity index (χ2v) is 5.89. The quantitative estimate of drug-likeness (QED) is 0.805. The van der Waals surface area contributed by atoms with Crippen LogP contribution in [-0.4, -0.2) is 10.9 Å². The molecule has 1 atom stereocenters. The summed E-state index contributed by atoms with van der Waals surface area (Å²) in [7, 11) is 0. The van der Waals surface area contributed by atoms with Gasteiger partial charge in [-0.15, -0.1) is 11.8 Å². The second-order valence-electron chi connectivity index (χ2n) is 3.95. The summed E-state index contributed by atoms with van der Waals surface area (Å²) >= 11 is 13.2. The van der Waals surface area contributed by atoms with Crippen LogP contribution >= 0.6 is 35.0 Å². The van der Waals surface area contributed by atoms with Gasteiger partial charge >= 0.3 is 0 Å². The highest BCUT2D eigenvalue weighted by Gasteiger charge is 2.12. The van der Waals surface area contributed by atoms with E-state index in [1.807, 2.05) is 18.2 Å². The molecule has 0 fully saturated rings. The highest BCUT2D eigenvalue weighted by Crippen LogP contribution is 2.30. The van der Waals surface area contributed by atoms with Gasteiger partial charge in [0, 0.05) is 26.3 Å². The molecule has 100 valence electrons. The van der Waals surface area contributed by atoms with Crippen molar-refractivity contribution in [3.05, 3.63) is 63.9 Å². The molecule has 0 aliphatic carbocycles. The average Bonchev–Trinajstić information content (AvgIpc) is 2.36. The third kappa shape index (κ3) is 4.11. The van der Waals surface area contributed by atoms with Crippen LogP contribution < -0.4 is 0 Å². The lowest BCUT2D eigenvalue weighted by molar-refractivity contribution is 0.204. The summed E-state index contributed by atoms with van der Waals surface area (Å²) in [6.07, 6.45) is -0.753. The van der Waals surface area contributed by atoms with Crippen molar-refractivity contribution in [2.45, 2.75) is 11.0 Å². The van der Waals surface area contributed by atoms with Crippen LogP contribution in [0.15, 0.2) is 47.4 Å². The van der Waals surface area contributed by atoms with Gasteiger partial charge in [-0.1, -0.05) is 35.3 Å². The summed E-state index contributed by atoms with van der Waals surface area (Å²) in [5, 5.41) is 10.9. The Labute approximate surface area is 125 Å². The van der Waals surface area contributed by atoms with Crippen LogP contribution in [0.3, 0.4) is 0 Å². The number of benzene rings is 2. The predicted molar refractivity (Wildman–Crippen MR) is 78.5 cm³/mol. The zero-order valence-electron chi connectivity index (χ0n) is 9.82. The van der Waals surface area contributed by atoms with E-state index in [0.717, 1.165) is 4.90 Å². The molecule has 0 aliphatic heterocycles. The molecule has 5 heteroatoms. The van der Waals surface area contributed by atoms with E-state index in [2.05, 4.69) is 0 Å². The van der Waals surface area contributed by atoms with Crippen LogP contribution in [0.5, 0.6) is 0 Å². The Bertz CT molecular complexity index is 577. The van der Waals surface area contributed by atoms with E-state index in [4.69, 9.17) is 23.2 Å². The monoisotopic (exact) mass is 316 g/mol. The van der Waals surface area contributed by atoms with Gasteiger partial charge in [-0.3, -0.25) is 0 Å². The molecule has 0 bridgehead atoms. The topological polar surface area (TPSA) is 20.2 Å². The van der Waals surface area contributed by atoms with Gasteiger partial charge in [-0.05, 0) is 30.3 Å². The largest absolute Gasteiger partial charge is 0.387 e. The number of aliphatic hydroxyl groups is 1. The molecular formula is C14H11Cl2FOS. The molecule has 2 aromatic rings. The molecule has 0 radical (unpaired) electrons. The number of thioether (sulfide) groups is 1. The van der Waals surface area contributed by atoms with Gasteiger partial charge in [0.15, 0.2) is 0 Å². The van der Waals surface area contributed by atoms with Crippen LogP contribution in [0.4, 0.5) is 4.39 Å². The van der Waals surface area contributed by atoms with Gasteiger partial charge in [0.25, 0.3) is 0 Å². The molecular weight excluding hydrogens is 306 g/mol. The zero-order valence-corrected chi connectivity index (χ0v) is 12.1. The smallest absolute Gasteiger partial charge is 0.124 e. The first-order valence-corrected chi connectivity index (χ1v) is 7.32. The first kappa shape index (κ1) is 14.7. The SMILES string of the molecule is OC(CSc1cccc(Cl)c1)c1ccc(F)cc1Cl.